The molecule has 0 saturated heterocycles. The Labute approximate surface area is 178 Å². The molecule has 4 rings (SSSR count). The van der Waals surface area contributed by atoms with Crippen LogP contribution >= 0.6 is 23.1 Å². The van der Waals surface area contributed by atoms with Gasteiger partial charge in [0.05, 0.1) is 12.2 Å². The smallest absolute Gasteiger partial charge is 0.256 e. The highest BCUT2D eigenvalue weighted by Crippen LogP contribution is 2.29. The first-order valence-corrected chi connectivity index (χ1v) is 11.2. The Morgan fingerprint density at radius 1 is 1.14 bits per heavy atom. The SMILES string of the molecule is COCCn1ccc2cc(NC(=O)c3ccccc3SCc3cccs3)ccc21. The van der Waals surface area contributed by atoms with E-state index in [1.807, 2.05) is 48.7 Å². The summed E-state index contributed by atoms with van der Waals surface area (Å²) in [4.78, 5) is 15.2. The predicted octanol–water partition coefficient (Wildman–Crippen LogP) is 5.89. The summed E-state index contributed by atoms with van der Waals surface area (Å²) in [5, 5.41) is 6.23. The number of methoxy groups -OCH3 is 1. The molecule has 0 aliphatic carbocycles. The van der Waals surface area contributed by atoms with Gasteiger partial charge in [-0.05, 0) is 47.8 Å². The molecule has 0 radical (unpaired) electrons. The van der Waals surface area contributed by atoms with Crippen LogP contribution in [0.2, 0.25) is 0 Å². The van der Waals surface area contributed by atoms with Crippen molar-refractivity contribution in [2.24, 2.45) is 0 Å². The third-order valence-corrected chi connectivity index (χ3v) is 6.83. The molecule has 4 aromatic rings. The summed E-state index contributed by atoms with van der Waals surface area (Å²) in [6, 6.07) is 20.0. The van der Waals surface area contributed by atoms with Gasteiger partial charge in [0.1, 0.15) is 0 Å². The average Bonchev–Trinajstić information content (AvgIpc) is 3.40. The highest BCUT2D eigenvalue weighted by atomic mass is 32.2. The van der Waals surface area contributed by atoms with Crippen LogP contribution in [0.15, 0.2) is 77.1 Å². The molecule has 0 aliphatic rings. The molecule has 0 spiro atoms. The maximum atomic E-state index is 12.9. The lowest BCUT2D eigenvalue weighted by atomic mass is 10.2. The molecule has 0 saturated carbocycles. The predicted molar refractivity (Wildman–Crippen MR) is 122 cm³/mol. The fourth-order valence-corrected chi connectivity index (χ4v) is 5.01. The Hall–Kier alpha value is -2.54. The number of carbonyl (C=O) groups excluding carboxylic acids is 1. The maximum absolute atomic E-state index is 12.9. The van der Waals surface area contributed by atoms with E-state index >= 15 is 0 Å². The van der Waals surface area contributed by atoms with Crippen LogP contribution in [0.5, 0.6) is 0 Å². The van der Waals surface area contributed by atoms with Crippen LogP contribution in [0.25, 0.3) is 10.9 Å². The lowest BCUT2D eigenvalue weighted by Crippen LogP contribution is -2.13. The van der Waals surface area contributed by atoms with E-state index in [1.54, 1.807) is 30.2 Å². The maximum Gasteiger partial charge on any atom is 0.256 e. The molecule has 0 fully saturated rings. The molecule has 0 unspecified atom stereocenters. The molecule has 4 nitrogen and oxygen atoms in total. The Morgan fingerprint density at radius 3 is 2.86 bits per heavy atom. The Morgan fingerprint density at radius 2 is 2.03 bits per heavy atom. The molecule has 2 aromatic heterocycles. The van der Waals surface area contributed by atoms with E-state index in [9.17, 15) is 4.79 Å². The van der Waals surface area contributed by atoms with Crippen molar-refractivity contribution in [2.75, 3.05) is 19.0 Å². The number of anilines is 1. The third kappa shape index (κ3) is 4.72. The number of nitrogens with zero attached hydrogens (tertiary/aromatic N) is 1. The zero-order valence-corrected chi connectivity index (χ0v) is 17.8. The van der Waals surface area contributed by atoms with Crippen LogP contribution in [0.1, 0.15) is 15.2 Å². The second kappa shape index (κ2) is 9.31. The lowest BCUT2D eigenvalue weighted by Gasteiger charge is -2.10. The number of benzene rings is 2. The molecule has 2 heterocycles. The molecular formula is C23H22N2O2S2. The first-order valence-electron chi connectivity index (χ1n) is 9.38. The fraction of sp³-hybridized carbons (Fsp3) is 0.174. The van der Waals surface area contributed by atoms with Crippen molar-refractivity contribution in [1.82, 2.24) is 4.57 Å². The van der Waals surface area contributed by atoms with Gasteiger partial charge in [0.25, 0.3) is 5.91 Å². The first-order chi connectivity index (χ1) is 14.2. The number of fused-ring (bicyclic) bond motifs is 1. The van der Waals surface area contributed by atoms with Gasteiger partial charge in [-0.2, -0.15) is 0 Å². The Balaban J connectivity index is 1.49. The van der Waals surface area contributed by atoms with Crippen molar-refractivity contribution >= 4 is 45.6 Å². The molecule has 0 atom stereocenters. The highest BCUT2D eigenvalue weighted by Gasteiger charge is 2.13. The number of amides is 1. The quantitative estimate of drug-likeness (QED) is 0.360. The number of thiophene rings is 1. The van der Waals surface area contributed by atoms with Crippen molar-refractivity contribution in [3.05, 3.63) is 82.7 Å². The molecule has 0 aliphatic heterocycles. The summed E-state index contributed by atoms with van der Waals surface area (Å²) < 4.78 is 7.32. The molecule has 29 heavy (non-hydrogen) atoms. The van der Waals surface area contributed by atoms with Gasteiger partial charge in [-0.25, -0.2) is 0 Å². The largest absolute Gasteiger partial charge is 0.383 e. The number of nitrogens with one attached hydrogen (secondary N) is 1. The number of hydrogen-bond acceptors (Lipinski definition) is 4. The van der Waals surface area contributed by atoms with Crippen molar-refractivity contribution < 1.29 is 9.53 Å². The first kappa shape index (κ1) is 19.8. The zero-order valence-electron chi connectivity index (χ0n) is 16.1. The van der Waals surface area contributed by atoms with Gasteiger partial charge in [0.2, 0.25) is 0 Å². The number of rotatable bonds is 8. The van der Waals surface area contributed by atoms with Gasteiger partial charge < -0.3 is 14.6 Å². The van der Waals surface area contributed by atoms with Gasteiger partial charge >= 0.3 is 0 Å². The van der Waals surface area contributed by atoms with Gasteiger partial charge in [0, 0.05) is 52.0 Å². The van der Waals surface area contributed by atoms with E-state index in [1.165, 1.54) is 4.88 Å². The molecular weight excluding hydrogens is 400 g/mol. The summed E-state index contributed by atoms with van der Waals surface area (Å²) >= 11 is 3.43. The number of hydrogen-bond donors (Lipinski definition) is 1. The van der Waals surface area contributed by atoms with E-state index in [0.717, 1.165) is 33.8 Å². The van der Waals surface area contributed by atoms with Crippen LogP contribution in [-0.2, 0) is 17.0 Å². The summed E-state index contributed by atoms with van der Waals surface area (Å²) in [5.41, 5.74) is 2.63. The van der Waals surface area contributed by atoms with Crippen molar-refractivity contribution in [2.45, 2.75) is 17.2 Å². The van der Waals surface area contributed by atoms with Gasteiger partial charge in [-0.15, -0.1) is 23.1 Å². The van der Waals surface area contributed by atoms with E-state index in [0.29, 0.717) is 12.2 Å². The minimum atomic E-state index is -0.0857. The van der Waals surface area contributed by atoms with E-state index in [2.05, 4.69) is 33.5 Å². The van der Waals surface area contributed by atoms with Crippen LogP contribution in [-0.4, -0.2) is 24.2 Å². The van der Waals surface area contributed by atoms with Crippen LogP contribution in [0.3, 0.4) is 0 Å². The minimum absolute atomic E-state index is 0.0857. The molecule has 1 amide bonds. The number of aromatic nitrogens is 1. The summed E-state index contributed by atoms with van der Waals surface area (Å²) in [6.07, 6.45) is 2.05. The minimum Gasteiger partial charge on any atom is -0.383 e. The summed E-state index contributed by atoms with van der Waals surface area (Å²) in [7, 11) is 1.70. The van der Waals surface area contributed by atoms with Crippen LogP contribution in [0, 0.1) is 0 Å². The Bertz CT molecular complexity index is 1100. The molecule has 6 heteroatoms. The molecule has 148 valence electrons. The van der Waals surface area contributed by atoms with E-state index < -0.39 is 0 Å². The second-order valence-electron chi connectivity index (χ2n) is 6.59. The van der Waals surface area contributed by atoms with Gasteiger partial charge in [0.15, 0.2) is 0 Å². The van der Waals surface area contributed by atoms with Crippen LogP contribution in [0.4, 0.5) is 5.69 Å². The van der Waals surface area contributed by atoms with Crippen molar-refractivity contribution in [1.29, 1.82) is 0 Å². The summed E-state index contributed by atoms with van der Waals surface area (Å²) in [6.45, 7) is 1.47. The molecule has 0 bridgehead atoms. The Kier molecular flexibility index (Phi) is 6.34. The summed E-state index contributed by atoms with van der Waals surface area (Å²) in [5.74, 6) is 0.778. The normalized spacial score (nSPS) is 11.1. The highest BCUT2D eigenvalue weighted by molar-refractivity contribution is 7.98. The van der Waals surface area contributed by atoms with Crippen molar-refractivity contribution in [3.8, 4) is 0 Å². The lowest BCUT2D eigenvalue weighted by molar-refractivity contribution is 0.102. The average molecular weight is 423 g/mol. The van der Waals surface area contributed by atoms with Crippen LogP contribution < -0.4 is 5.32 Å². The van der Waals surface area contributed by atoms with Gasteiger partial charge in [-0.1, -0.05) is 18.2 Å². The third-order valence-electron chi connectivity index (χ3n) is 4.65. The second-order valence-corrected chi connectivity index (χ2v) is 8.64. The standard InChI is InChI=1S/C23H22N2O2S2/c1-27-13-12-25-11-10-17-15-18(8-9-21(17)25)24-23(26)20-6-2-3-7-22(20)29-16-19-5-4-14-28-19/h2-11,14-15H,12-13,16H2,1H3,(H,24,26). The molecule has 1 N–H and O–H groups in total. The number of thioether (sulfide) groups is 1. The fourth-order valence-electron chi connectivity index (χ4n) is 3.18. The van der Waals surface area contributed by atoms with E-state index in [4.69, 9.17) is 4.74 Å². The monoisotopic (exact) mass is 422 g/mol. The number of carbonyl (C=O) groups is 1. The number of ether oxygens (including phenoxy) is 1. The van der Waals surface area contributed by atoms with Crippen molar-refractivity contribution in [3.63, 3.8) is 0 Å². The van der Waals surface area contributed by atoms with Gasteiger partial charge in [-0.3, -0.25) is 4.79 Å². The van der Waals surface area contributed by atoms with E-state index in [-0.39, 0.29) is 5.91 Å². The zero-order chi connectivity index (χ0) is 20.1. The molecule has 2 aromatic carbocycles. The topological polar surface area (TPSA) is 43.3 Å².